The second-order valence-electron chi connectivity index (χ2n) is 2.80. The standard InChI is InChI=1S/C9H10N2O3/c1-7(11(13)14)10-9(12)8-5-3-2-4-6-8/h2-7H,1H3,(H,10,12). The topological polar surface area (TPSA) is 72.2 Å². The largest absolute Gasteiger partial charge is 0.290 e. The third-order valence-corrected chi connectivity index (χ3v) is 1.69. The van der Waals surface area contributed by atoms with Gasteiger partial charge < -0.3 is 0 Å². The number of hydrogen-bond acceptors (Lipinski definition) is 3. The monoisotopic (exact) mass is 194 g/mol. The second kappa shape index (κ2) is 4.36. The number of rotatable bonds is 3. The summed E-state index contributed by atoms with van der Waals surface area (Å²) in [6.07, 6.45) is -1.07. The molecule has 74 valence electrons. The van der Waals surface area contributed by atoms with Gasteiger partial charge in [0.25, 0.3) is 12.1 Å². The van der Waals surface area contributed by atoms with Crippen LogP contribution in [0.4, 0.5) is 0 Å². The number of benzene rings is 1. The Morgan fingerprint density at radius 1 is 1.43 bits per heavy atom. The predicted molar refractivity (Wildman–Crippen MR) is 50.4 cm³/mol. The maximum Gasteiger partial charge on any atom is 0.284 e. The Hall–Kier alpha value is -1.91. The van der Waals surface area contributed by atoms with E-state index in [1.54, 1.807) is 30.3 Å². The van der Waals surface area contributed by atoms with Crippen LogP contribution < -0.4 is 5.32 Å². The van der Waals surface area contributed by atoms with Gasteiger partial charge in [-0.05, 0) is 12.1 Å². The van der Waals surface area contributed by atoms with Gasteiger partial charge in [0, 0.05) is 17.4 Å². The first-order valence-corrected chi connectivity index (χ1v) is 4.10. The van der Waals surface area contributed by atoms with Gasteiger partial charge in [-0.3, -0.25) is 20.2 Å². The third-order valence-electron chi connectivity index (χ3n) is 1.69. The van der Waals surface area contributed by atoms with Crippen molar-refractivity contribution in [3.8, 4) is 0 Å². The van der Waals surface area contributed by atoms with Gasteiger partial charge in [0.15, 0.2) is 0 Å². The highest BCUT2D eigenvalue weighted by Gasteiger charge is 2.16. The van der Waals surface area contributed by atoms with E-state index < -0.39 is 17.0 Å². The van der Waals surface area contributed by atoms with E-state index in [9.17, 15) is 14.9 Å². The maximum atomic E-state index is 11.3. The third kappa shape index (κ3) is 2.55. The number of nitro groups is 1. The van der Waals surface area contributed by atoms with Crippen LogP contribution in [0.25, 0.3) is 0 Å². The number of nitrogens with zero attached hydrogens (tertiary/aromatic N) is 1. The highest BCUT2D eigenvalue weighted by molar-refractivity contribution is 5.94. The average Bonchev–Trinajstić information content (AvgIpc) is 2.19. The Labute approximate surface area is 80.9 Å². The number of nitrogens with one attached hydrogen (secondary N) is 1. The predicted octanol–water partition coefficient (Wildman–Crippen LogP) is 1.04. The highest BCUT2D eigenvalue weighted by Crippen LogP contribution is 1.98. The molecule has 1 N–H and O–H groups in total. The minimum atomic E-state index is -1.07. The van der Waals surface area contributed by atoms with Crippen molar-refractivity contribution in [2.45, 2.75) is 13.1 Å². The molecule has 0 aliphatic heterocycles. The molecule has 0 aliphatic carbocycles. The summed E-state index contributed by atoms with van der Waals surface area (Å²) < 4.78 is 0. The summed E-state index contributed by atoms with van der Waals surface area (Å²) in [5.74, 6) is -0.435. The Bertz CT molecular complexity index is 337. The first-order chi connectivity index (χ1) is 6.61. The van der Waals surface area contributed by atoms with E-state index in [1.165, 1.54) is 6.92 Å². The van der Waals surface area contributed by atoms with Crippen molar-refractivity contribution < 1.29 is 9.72 Å². The van der Waals surface area contributed by atoms with E-state index >= 15 is 0 Å². The lowest BCUT2D eigenvalue weighted by Crippen LogP contribution is -2.37. The van der Waals surface area contributed by atoms with Crippen LogP contribution in [0, 0.1) is 10.1 Å². The fourth-order valence-electron chi connectivity index (χ4n) is 0.915. The van der Waals surface area contributed by atoms with Crippen LogP contribution in [-0.4, -0.2) is 17.0 Å². The molecular formula is C9H10N2O3. The van der Waals surface area contributed by atoms with Crippen molar-refractivity contribution in [1.29, 1.82) is 0 Å². The van der Waals surface area contributed by atoms with Crippen molar-refractivity contribution in [3.05, 3.63) is 46.0 Å². The number of carbonyl (C=O) groups excluding carboxylic acids is 1. The number of amides is 1. The van der Waals surface area contributed by atoms with E-state index in [-0.39, 0.29) is 0 Å². The zero-order valence-corrected chi connectivity index (χ0v) is 7.64. The van der Waals surface area contributed by atoms with E-state index in [4.69, 9.17) is 0 Å². The molecule has 1 rings (SSSR count). The maximum absolute atomic E-state index is 11.3. The first kappa shape index (κ1) is 10.2. The molecule has 14 heavy (non-hydrogen) atoms. The van der Waals surface area contributed by atoms with E-state index in [2.05, 4.69) is 5.32 Å². The molecule has 0 radical (unpaired) electrons. The zero-order valence-electron chi connectivity index (χ0n) is 7.64. The summed E-state index contributed by atoms with van der Waals surface area (Å²) in [5, 5.41) is 12.5. The van der Waals surface area contributed by atoms with Crippen molar-refractivity contribution in [3.63, 3.8) is 0 Å². The van der Waals surface area contributed by atoms with Crippen LogP contribution in [-0.2, 0) is 0 Å². The van der Waals surface area contributed by atoms with Crippen molar-refractivity contribution in [2.75, 3.05) is 0 Å². The van der Waals surface area contributed by atoms with Crippen molar-refractivity contribution in [2.24, 2.45) is 0 Å². The summed E-state index contributed by atoms with van der Waals surface area (Å²) in [6, 6.07) is 8.37. The summed E-state index contributed by atoms with van der Waals surface area (Å²) in [6.45, 7) is 1.32. The molecular weight excluding hydrogens is 184 g/mol. The smallest absolute Gasteiger partial charge is 0.284 e. The molecule has 5 nitrogen and oxygen atoms in total. The molecule has 1 amide bonds. The van der Waals surface area contributed by atoms with Crippen LogP contribution in [0.2, 0.25) is 0 Å². The summed E-state index contributed by atoms with van der Waals surface area (Å²) in [4.78, 5) is 21.0. The molecule has 5 heteroatoms. The molecule has 0 bridgehead atoms. The summed E-state index contributed by atoms with van der Waals surface area (Å²) >= 11 is 0. The molecule has 0 fully saturated rings. The van der Waals surface area contributed by atoms with Crippen LogP contribution in [0.3, 0.4) is 0 Å². The van der Waals surface area contributed by atoms with Gasteiger partial charge in [0.05, 0.1) is 0 Å². The van der Waals surface area contributed by atoms with Crippen molar-refractivity contribution >= 4 is 5.91 Å². The van der Waals surface area contributed by atoms with Gasteiger partial charge >= 0.3 is 0 Å². The first-order valence-electron chi connectivity index (χ1n) is 4.10. The molecule has 0 aromatic heterocycles. The van der Waals surface area contributed by atoms with Gasteiger partial charge in [0.2, 0.25) is 0 Å². The fourth-order valence-corrected chi connectivity index (χ4v) is 0.915. The lowest BCUT2D eigenvalue weighted by molar-refractivity contribution is -0.522. The van der Waals surface area contributed by atoms with Crippen LogP contribution in [0.1, 0.15) is 17.3 Å². The summed E-state index contributed by atoms with van der Waals surface area (Å²) in [7, 11) is 0. The van der Waals surface area contributed by atoms with Crippen LogP contribution in [0.5, 0.6) is 0 Å². The Morgan fingerprint density at radius 2 is 2.00 bits per heavy atom. The minimum Gasteiger partial charge on any atom is -0.290 e. The average molecular weight is 194 g/mol. The van der Waals surface area contributed by atoms with Crippen molar-refractivity contribution in [1.82, 2.24) is 5.32 Å². The molecule has 1 aromatic rings. The van der Waals surface area contributed by atoms with E-state index in [0.717, 1.165) is 0 Å². The lowest BCUT2D eigenvalue weighted by atomic mass is 10.2. The number of carbonyl (C=O) groups is 1. The quantitative estimate of drug-likeness (QED) is 0.444. The molecule has 1 unspecified atom stereocenters. The molecule has 1 atom stereocenters. The van der Waals surface area contributed by atoms with Gasteiger partial charge in [0.1, 0.15) is 0 Å². The molecule has 0 spiro atoms. The van der Waals surface area contributed by atoms with Gasteiger partial charge in [-0.25, -0.2) is 0 Å². The highest BCUT2D eigenvalue weighted by atomic mass is 16.6. The number of hydrogen-bond donors (Lipinski definition) is 1. The normalized spacial score (nSPS) is 11.8. The SMILES string of the molecule is CC(NC(=O)c1ccccc1)[N+](=O)[O-]. The van der Waals surface area contributed by atoms with Gasteiger partial charge in [-0.2, -0.15) is 0 Å². The van der Waals surface area contributed by atoms with Crippen LogP contribution in [0.15, 0.2) is 30.3 Å². The lowest BCUT2D eigenvalue weighted by Gasteiger charge is -2.05. The molecule has 0 aliphatic rings. The Kier molecular flexibility index (Phi) is 3.17. The minimum absolute atomic E-state index is 0.418. The van der Waals surface area contributed by atoms with Gasteiger partial charge in [-0.15, -0.1) is 0 Å². The summed E-state index contributed by atoms with van der Waals surface area (Å²) in [5.41, 5.74) is 0.418. The van der Waals surface area contributed by atoms with Crippen LogP contribution >= 0.6 is 0 Å². The Morgan fingerprint density at radius 3 is 2.50 bits per heavy atom. The molecule has 0 saturated carbocycles. The Balaban J connectivity index is 2.64. The van der Waals surface area contributed by atoms with E-state index in [1.807, 2.05) is 0 Å². The van der Waals surface area contributed by atoms with Gasteiger partial charge in [-0.1, -0.05) is 18.2 Å². The molecule has 1 aromatic carbocycles. The zero-order chi connectivity index (χ0) is 10.6. The fraction of sp³-hybridized carbons (Fsp3) is 0.222. The molecule has 0 heterocycles. The van der Waals surface area contributed by atoms with E-state index in [0.29, 0.717) is 5.56 Å². The second-order valence-corrected chi connectivity index (χ2v) is 2.80. The molecule has 0 saturated heterocycles.